The van der Waals surface area contributed by atoms with Crippen molar-refractivity contribution < 1.29 is 17.9 Å². The summed E-state index contributed by atoms with van der Waals surface area (Å²) >= 11 is 3.02. The molecule has 3 rings (SSSR count). The molecule has 22 heavy (non-hydrogen) atoms. The van der Waals surface area contributed by atoms with Gasteiger partial charge < -0.3 is 9.64 Å². The van der Waals surface area contributed by atoms with Crippen LogP contribution in [0, 0.1) is 0 Å². The summed E-state index contributed by atoms with van der Waals surface area (Å²) in [6, 6.07) is 1.54. The molecule has 0 atom stereocenters. The Hall–Kier alpha value is -0.610. The van der Waals surface area contributed by atoms with Crippen LogP contribution in [0.2, 0.25) is 0 Å². The third kappa shape index (κ3) is 3.18. The zero-order chi connectivity index (χ0) is 15.6. The molecule has 0 aliphatic carbocycles. The van der Waals surface area contributed by atoms with Crippen LogP contribution in [0.15, 0.2) is 16.3 Å². The summed E-state index contributed by atoms with van der Waals surface area (Å²) < 4.78 is 32.1. The molecule has 3 heterocycles. The molecule has 0 saturated carbocycles. The predicted octanol–water partition coefficient (Wildman–Crippen LogP) is 0.958. The average Bonchev–Trinajstić information content (AvgIpc) is 3.06. The Kier molecular flexibility index (Phi) is 5.08. The Morgan fingerprint density at radius 3 is 2.50 bits per heavy atom. The Balaban J connectivity index is 1.86. The zero-order valence-electron chi connectivity index (χ0n) is 12.1. The molecule has 9 heteroatoms. The van der Waals surface area contributed by atoms with E-state index in [1.807, 2.05) is 11.8 Å². The summed E-state index contributed by atoms with van der Waals surface area (Å²) in [5, 5.41) is 1.68. The van der Waals surface area contributed by atoms with E-state index in [0.717, 1.165) is 11.5 Å². The van der Waals surface area contributed by atoms with Gasteiger partial charge in [0.15, 0.2) is 0 Å². The van der Waals surface area contributed by atoms with Gasteiger partial charge in [0.1, 0.15) is 9.77 Å². The van der Waals surface area contributed by atoms with Crippen molar-refractivity contribution in [2.24, 2.45) is 0 Å². The summed E-state index contributed by atoms with van der Waals surface area (Å²) in [7, 11) is -3.62. The Labute approximate surface area is 138 Å². The van der Waals surface area contributed by atoms with Gasteiger partial charge in [0.05, 0.1) is 13.2 Å². The fourth-order valence-corrected chi connectivity index (χ4v) is 6.17. The molecule has 1 aromatic heterocycles. The fourth-order valence-electron chi connectivity index (χ4n) is 2.49. The van der Waals surface area contributed by atoms with E-state index in [1.165, 1.54) is 15.6 Å². The van der Waals surface area contributed by atoms with E-state index in [0.29, 0.717) is 44.3 Å². The molecular formula is C13H18N2O4S3. The highest BCUT2D eigenvalue weighted by atomic mass is 32.2. The lowest BCUT2D eigenvalue weighted by atomic mass is 10.4. The number of thioether (sulfide) groups is 1. The first-order chi connectivity index (χ1) is 10.6. The van der Waals surface area contributed by atoms with Crippen molar-refractivity contribution in [1.82, 2.24) is 9.21 Å². The van der Waals surface area contributed by atoms with Crippen molar-refractivity contribution >= 4 is 39.0 Å². The highest BCUT2D eigenvalue weighted by Gasteiger charge is 2.32. The lowest BCUT2D eigenvalue weighted by Crippen LogP contribution is -2.42. The van der Waals surface area contributed by atoms with Gasteiger partial charge in [-0.3, -0.25) is 4.79 Å². The third-order valence-electron chi connectivity index (χ3n) is 3.71. The highest BCUT2D eigenvalue weighted by Crippen LogP contribution is 2.27. The van der Waals surface area contributed by atoms with Crippen LogP contribution in [0.25, 0.3) is 0 Å². The molecule has 1 aromatic rings. The van der Waals surface area contributed by atoms with Gasteiger partial charge in [0.2, 0.25) is 10.0 Å². The van der Waals surface area contributed by atoms with Gasteiger partial charge in [0, 0.05) is 37.7 Å². The van der Waals surface area contributed by atoms with E-state index in [2.05, 4.69) is 0 Å². The van der Waals surface area contributed by atoms with E-state index in [1.54, 1.807) is 16.3 Å². The first-order valence-electron chi connectivity index (χ1n) is 7.13. The van der Waals surface area contributed by atoms with Gasteiger partial charge in [-0.15, -0.1) is 11.3 Å². The quantitative estimate of drug-likeness (QED) is 0.801. The molecule has 1 amide bonds. The second-order valence-corrected chi connectivity index (χ2v) is 9.08. The van der Waals surface area contributed by atoms with Crippen molar-refractivity contribution in [3.63, 3.8) is 0 Å². The number of hydrogen-bond acceptors (Lipinski definition) is 6. The maximum absolute atomic E-state index is 12.8. The summed E-state index contributed by atoms with van der Waals surface area (Å²) in [6.45, 7) is 2.83. The number of thiophene rings is 1. The number of carbonyl (C=O) groups excluding carboxylic acids is 1. The van der Waals surface area contributed by atoms with E-state index < -0.39 is 10.0 Å². The van der Waals surface area contributed by atoms with Crippen molar-refractivity contribution in [1.29, 1.82) is 0 Å². The van der Waals surface area contributed by atoms with Crippen LogP contribution in [0.1, 0.15) is 9.67 Å². The highest BCUT2D eigenvalue weighted by molar-refractivity contribution is 7.99. The molecule has 0 unspecified atom stereocenters. The Morgan fingerprint density at radius 1 is 1.14 bits per heavy atom. The standard InChI is InChI=1S/C13H18N2O4S3/c16-13(14-4-9-20-10-5-14)12-11(1-8-21-12)22(17,18)15-2-6-19-7-3-15/h1,8H,2-7,9-10H2. The molecule has 2 aliphatic rings. The number of rotatable bonds is 3. The Bertz CT molecular complexity index is 631. The van der Waals surface area contributed by atoms with Crippen LogP contribution in [0.4, 0.5) is 0 Å². The Morgan fingerprint density at radius 2 is 1.82 bits per heavy atom. The topological polar surface area (TPSA) is 66.9 Å². The van der Waals surface area contributed by atoms with Gasteiger partial charge in [-0.05, 0) is 11.4 Å². The summed E-state index contributed by atoms with van der Waals surface area (Å²) in [5.74, 6) is 1.65. The minimum Gasteiger partial charge on any atom is -0.379 e. The van der Waals surface area contributed by atoms with E-state index >= 15 is 0 Å². The number of sulfonamides is 1. The fraction of sp³-hybridized carbons (Fsp3) is 0.615. The average molecular weight is 362 g/mol. The maximum atomic E-state index is 12.8. The minimum atomic E-state index is -3.62. The molecule has 6 nitrogen and oxygen atoms in total. The smallest absolute Gasteiger partial charge is 0.265 e. The molecule has 2 fully saturated rings. The van der Waals surface area contributed by atoms with Gasteiger partial charge in [-0.1, -0.05) is 0 Å². The molecule has 2 saturated heterocycles. The summed E-state index contributed by atoms with van der Waals surface area (Å²) in [5.41, 5.74) is 0. The van der Waals surface area contributed by atoms with E-state index in [-0.39, 0.29) is 10.8 Å². The van der Waals surface area contributed by atoms with Crippen molar-refractivity contribution in [3.8, 4) is 0 Å². The van der Waals surface area contributed by atoms with Gasteiger partial charge in [0.25, 0.3) is 5.91 Å². The first kappa shape index (κ1) is 16.3. The predicted molar refractivity (Wildman–Crippen MR) is 87.1 cm³/mol. The van der Waals surface area contributed by atoms with Crippen molar-refractivity contribution in [2.45, 2.75) is 4.90 Å². The van der Waals surface area contributed by atoms with Crippen molar-refractivity contribution in [3.05, 3.63) is 16.3 Å². The molecule has 0 N–H and O–H groups in total. The van der Waals surface area contributed by atoms with Crippen LogP contribution in [-0.2, 0) is 14.8 Å². The first-order valence-corrected chi connectivity index (χ1v) is 10.6. The molecule has 0 bridgehead atoms. The summed E-state index contributed by atoms with van der Waals surface area (Å²) in [4.78, 5) is 14.9. The molecule has 0 radical (unpaired) electrons. The number of carbonyl (C=O) groups is 1. The molecule has 122 valence electrons. The lowest BCUT2D eigenvalue weighted by molar-refractivity contribution is 0.0727. The van der Waals surface area contributed by atoms with Crippen molar-refractivity contribution in [2.75, 3.05) is 50.9 Å². The van der Waals surface area contributed by atoms with Crippen LogP contribution in [-0.4, -0.2) is 74.4 Å². The van der Waals surface area contributed by atoms with E-state index in [9.17, 15) is 13.2 Å². The molecule has 0 aromatic carbocycles. The monoisotopic (exact) mass is 362 g/mol. The zero-order valence-corrected chi connectivity index (χ0v) is 14.5. The van der Waals surface area contributed by atoms with Crippen LogP contribution >= 0.6 is 23.1 Å². The van der Waals surface area contributed by atoms with E-state index in [4.69, 9.17) is 4.74 Å². The van der Waals surface area contributed by atoms with Gasteiger partial charge in [-0.2, -0.15) is 16.1 Å². The number of nitrogens with zero attached hydrogens (tertiary/aromatic N) is 2. The van der Waals surface area contributed by atoms with Crippen LogP contribution < -0.4 is 0 Å². The second-order valence-electron chi connectivity index (χ2n) is 5.04. The third-order valence-corrected chi connectivity index (χ3v) is 7.62. The molecule has 2 aliphatic heterocycles. The lowest BCUT2D eigenvalue weighted by Gasteiger charge is -2.28. The normalized spacial score (nSPS) is 21.0. The summed E-state index contributed by atoms with van der Waals surface area (Å²) in [6.07, 6.45) is 0. The number of morpholine rings is 1. The number of ether oxygens (including phenoxy) is 1. The van der Waals surface area contributed by atoms with Gasteiger partial charge >= 0.3 is 0 Å². The van der Waals surface area contributed by atoms with Gasteiger partial charge in [-0.25, -0.2) is 8.42 Å². The maximum Gasteiger partial charge on any atom is 0.265 e. The number of hydrogen-bond donors (Lipinski definition) is 0. The SMILES string of the molecule is O=C(c1sccc1S(=O)(=O)N1CCOCC1)N1CCSCC1. The molecule has 0 spiro atoms. The molecular weight excluding hydrogens is 344 g/mol. The largest absolute Gasteiger partial charge is 0.379 e. The van der Waals surface area contributed by atoms with Crippen LogP contribution in [0.5, 0.6) is 0 Å². The number of amides is 1. The van der Waals surface area contributed by atoms with Crippen LogP contribution in [0.3, 0.4) is 0 Å². The second kappa shape index (κ2) is 6.88. The minimum absolute atomic E-state index is 0.141.